The van der Waals surface area contributed by atoms with Gasteiger partial charge in [-0.05, 0) is 30.5 Å². The number of ether oxygens (including phenoxy) is 1. The molecule has 1 unspecified atom stereocenters. The van der Waals surface area contributed by atoms with Gasteiger partial charge in [0.1, 0.15) is 6.04 Å². The first-order chi connectivity index (χ1) is 11.5. The third-order valence-corrected chi connectivity index (χ3v) is 4.60. The molecule has 0 aliphatic carbocycles. The van der Waals surface area contributed by atoms with Crippen molar-refractivity contribution in [3.05, 3.63) is 52.2 Å². The SMILES string of the molecule is CC(C(=O)OCC(=O)c1cccs1)N1C(=O)C(=O)c2ccccc21. The third-order valence-electron chi connectivity index (χ3n) is 3.69. The lowest BCUT2D eigenvalue weighted by Crippen LogP contribution is -2.43. The number of fused-ring (bicyclic) bond motifs is 1. The minimum Gasteiger partial charge on any atom is -0.456 e. The summed E-state index contributed by atoms with van der Waals surface area (Å²) in [5.41, 5.74) is 0.637. The van der Waals surface area contributed by atoms with Crippen LogP contribution in [0.15, 0.2) is 41.8 Å². The molecule has 1 aliphatic heterocycles. The van der Waals surface area contributed by atoms with Crippen molar-refractivity contribution in [1.82, 2.24) is 0 Å². The number of hydrogen-bond donors (Lipinski definition) is 0. The highest BCUT2D eigenvalue weighted by molar-refractivity contribution is 7.12. The van der Waals surface area contributed by atoms with E-state index in [1.54, 1.807) is 35.7 Å². The van der Waals surface area contributed by atoms with E-state index in [9.17, 15) is 19.2 Å². The topological polar surface area (TPSA) is 80.8 Å². The summed E-state index contributed by atoms with van der Waals surface area (Å²) in [7, 11) is 0. The molecule has 0 radical (unpaired) electrons. The van der Waals surface area contributed by atoms with Gasteiger partial charge in [0, 0.05) is 0 Å². The van der Waals surface area contributed by atoms with Gasteiger partial charge < -0.3 is 4.74 Å². The van der Waals surface area contributed by atoms with Crippen LogP contribution in [0.1, 0.15) is 27.0 Å². The predicted octanol–water partition coefficient (Wildman–Crippen LogP) is 2.09. The normalized spacial score (nSPS) is 14.5. The fraction of sp³-hybridized carbons (Fsp3) is 0.176. The molecule has 7 heteroatoms. The minimum atomic E-state index is -0.999. The lowest BCUT2D eigenvalue weighted by atomic mass is 10.1. The Balaban J connectivity index is 1.71. The fourth-order valence-corrected chi connectivity index (χ4v) is 3.12. The van der Waals surface area contributed by atoms with E-state index in [0.29, 0.717) is 10.6 Å². The van der Waals surface area contributed by atoms with E-state index in [1.807, 2.05) is 0 Å². The Morgan fingerprint density at radius 1 is 1.17 bits per heavy atom. The predicted molar refractivity (Wildman–Crippen MR) is 87.3 cm³/mol. The molecule has 1 aromatic carbocycles. The van der Waals surface area contributed by atoms with Crippen molar-refractivity contribution in [2.45, 2.75) is 13.0 Å². The maximum Gasteiger partial charge on any atom is 0.329 e. The number of carbonyl (C=O) groups excluding carboxylic acids is 4. The van der Waals surface area contributed by atoms with Crippen LogP contribution in [0.4, 0.5) is 5.69 Å². The van der Waals surface area contributed by atoms with Crippen molar-refractivity contribution in [2.75, 3.05) is 11.5 Å². The number of ketones is 2. The molecule has 1 atom stereocenters. The van der Waals surface area contributed by atoms with Crippen molar-refractivity contribution in [1.29, 1.82) is 0 Å². The van der Waals surface area contributed by atoms with E-state index in [-0.39, 0.29) is 11.3 Å². The molecule has 3 rings (SSSR count). The monoisotopic (exact) mass is 343 g/mol. The van der Waals surface area contributed by atoms with Gasteiger partial charge in [-0.15, -0.1) is 11.3 Å². The molecule has 0 saturated heterocycles. The molecule has 1 aliphatic rings. The zero-order valence-corrected chi connectivity index (χ0v) is 13.5. The van der Waals surface area contributed by atoms with Gasteiger partial charge in [0.05, 0.1) is 16.1 Å². The van der Waals surface area contributed by atoms with Gasteiger partial charge in [0.25, 0.3) is 11.7 Å². The Kier molecular flexibility index (Phi) is 4.26. The van der Waals surface area contributed by atoms with Crippen LogP contribution in [0.3, 0.4) is 0 Å². The first-order valence-electron chi connectivity index (χ1n) is 7.21. The Labute approximate surface area is 141 Å². The minimum absolute atomic E-state index is 0.261. The second-order valence-corrected chi connectivity index (χ2v) is 6.15. The van der Waals surface area contributed by atoms with Crippen LogP contribution < -0.4 is 4.90 Å². The van der Waals surface area contributed by atoms with E-state index < -0.39 is 30.3 Å². The molecule has 0 fully saturated rings. The second kappa shape index (κ2) is 6.37. The molecule has 6 nitrogen and oxygen atoms in total. The van der Waals surface area contributed by atoms with Gasteiger partial charge >= 0.3 is 5.97 Å². The summed E-state index contributed by atoms with van der Waals surface area (Å²) < 4.78 is 5.01. The third kappa shape index (κ3) is 2.74. The summed E-state index contributed by atoms with van der Waals surface area (Å²) in [5, 5.41) is 1.75. The van der Waals surface area contributed by atoms with Crippen molar-refractivity contribution in [3.63, 3.8) is 0 Å². The molecular formula is C17H13NO5S. The number of thiophene rings is 1. The van der Waals surface area contributed by atoms with E-state index in [4.69, 9.17) is 4.74 Å². The summed E-state index contributed by atoms with van der Waals surface area (Å²) in [6, 6.07) is 8.83. The molecule has 24 heavy (non-hydrogen) atoms. The average molecular weight is 343 g/mol. The number of amides is 1. The summed E-state index contributed by atoms with van der Waals surface area (Å²) in [4.78, 5) is 49.8. The molecule has 122 valence electrons. The van der Waals surface area contributed by atoms with Gasteiger partial charge in [-0.25, -0.2) is 4.79 Å². The lowest BCUT2D eigenvalue weighted by molar-refractivity contribution is -0.144. The molecule has 0 N–H and O–H groups in total. The maximum absolute atomic E-state index is 12.2. The summed E-state index contributed by atoms with van der Waals surface area (Å²) >= 11 is 1.26. The van der Waals surface area contributed by atoms with Gasteiger partial charge in [-0.1, -0.05) is 18.2 Å². The van der Waals surface area contributed by atoms with Crippen LogP contribution in [0, 0.1) is 0 Å². The van der Waals surface area contributed by atoms with Crippen molar-refractivity contribution in [3.8, 4) is 0 Å². The fourth-order valence-electron chi connectivity index (χ4n) is 2.47. The molecule has 0 saturated carbocycles. The second-order valence-electron chi connectivity index (χ2n) is 5.21. The van der Waals surface area contributed by atoms with Crippen molar-refractivity contribution >= 4 is 40.5 Å². The molecule has 0 spiro atoms. The standard InChI is InChI=1S/C17H13NO5S/c1-10(17(22)23-9-13(19)14-7-4-8-24-14)18-12-6-3-2-5-11(12)15(20)16(18)21/h2-8,10H,9H2,1H3. The zero-order valence-electron chi connectivity index (χ0n) is 12.7. The van der Waals surface area contributed by atoms with Gasteiger partial charge in [0.15, 0.2) is 6.61 Å². The number of rotatable bonds is 5. The number of carbonyl (C=O) groups is 4. The van der Waals surface area contributed by atoms with Crippen LogP contribution in [0.25, 0.3) is 0 Å². The number of Topliss-reactive ketones (excluding diaryl/α,β-unsaturated/α-hetero) is 2. The molecule has 2 aromatic rings. The highest BCUT2D eigenvalue weighted by Crippen LogP contribution is 2.30. The molecular weight excluding hydrogens is 330 g/mol. The average Bonchev–Trinajstić information content (AvgIpc) is 3.20. The largest absolute Gasteiger partial charge is 0.456 e. The maximum atomic E-state index is 12.2. The van der Waals surface area contributed by atoms with Crippen molar-refractivity contribution < 1.29 is 23.9 Å². The number of para-hydroxylation sites is 1. The molecule has 0 bridgehead atoms. The molecule has 2 heterocycles. The van der Waals surface area contributed by atoms with Gasteiger partial charge in [0.2, 0.25) is 5.78 Å². The Hall–Kier alpha value is -2.80. The first kappa shape index (κ1) is 16.1. The number of benzene rings is 1. The number of hydrogen-bond acceptors (Lipinski definition) is 6. The van der Waals surface area contributed by atoms with E-state index >= 15 is 0 Å². The van der Waals surface area contributed by atoms with E-state index in [0.717, 1.165) is 4.90 Å². The van der Waals surface area contributed by atoms with Crippen molar-refractivity contribution in [2.24, 2.45) is 0 Å². The highest BCUT2D eigenvalue weighted by atomic mass is 32.1. The quantitative estimate of drug-likeness (QED) is 0.472. The van der Waals surface area contributed by atoms with E-state index in [1.165, 1.54) is 24.3 Å². The van der Waals surface area contributed by atoms with Gasteiger partial charge in [-0.2, -0.15) is 0 Å². The summed E-state index contributed by atoms with van der Waals surface area (Å²) in [5.74, 6) is -2.47. The smallest absolute Gasteiger partial charge is 0.329 e. The van der Waals surface area contributed by atoms with Crippen LogP contribution in [-0.4, -0.2) is 36.1 Å². The van der Waals surface area contributed by atoms with Crippen LogP contribution in [0.5, 0.6) is 0 Å². The number of nitrogens with zero attached hydrogens (tertiary/aromatic N) is 1. The summed E-state index contributed by atoms with van der Waals surface area (Å²) in [6.45, 7) is 1.06. The zero-order chi connectivity index (χ0) is 17.3. The number of anilines is 1. The molecule has 1 amide bonds. The Morgan fingerprint density at radius 2 is 1.92 bits per heavy atom. The lowest BCUT2D eigenvalue weighted by Gasteiger charge is -2.22. The van der Waals surface area contributed by atoms with Crippen LogP contribution >= 0.6 is 11.3 Å². The number of esters is 1. The summed E-state index contributed by atoms with van der Waals surface area (Å²) in [6.07, 6.45) is 0. The Bertz CT molecular complexity index is 827. The highest BCUT2D eigenvalue weighted by Gasteiger charge is 2.41. The molecule has 1 aromatic heterocycles. The Morgan fingerprint density at radius 3 is 2.62 bits per heavy atom. The first-order valence-corrected chi connectivity index (χ1v) is 8.09. The van der Waals surface area contributed by atoms with Crippen LogP contribution in [-0.2, 0) is 14.3 Å². The van der Waals surface area contributed by atoms with Crippen LogP contribution in [0.2, 0.25) is 0 Å². The van der Waals surface area contributed by atoms with E-state index in [2.05, 4.69) is 0 Å². The van der Waals surface area contributed by atoms with Gasteiger partial charge in [-0.3, -0.25) is 19.3 Å².